The number of guanidine groups is 1. The molecule has 0 radical (unpaired) electrons. The van der Waals surface area contributed by atoms with Gasteiger partial charge in [-0.1, -0.05) is 0 Å². The van der Waals surface area contributed by atoms with E-state index in [2.05, 4.69) is 37.0 Å². The number of benzene rings is 1. The van der Waals surface area contributed by atoms with E-state index in [1.165, 1.54) is 12.1 Å². The summed E-state index contributed by atoms with van der Waals surface area (Å²) in [4.78, 5) is 22.4. The van der Waals surface area contributed by atoms with Crippen LogP contribution >= 0.6 is 0 Å². The first kappa shape index (κ1) is 20.8. The average molecular weight is 423 g/mol. The van der Waals surface area contributed by atoms with Crippen molar-refractivity contribution < 1.29 is 8.81 Å². The number of nitrogens with one attached hydrogen (secondary N) is 1. The second kappa shape index (κ2) is 10.0. The summed E-state index contributed by atoms with van der Waals surface area (Å²) >= 11 is 0. The highest BCUT2D eigenvalue weighted by molar-refractivity contribution is 5.80. The van der Waals surface area contributed by atoms with Gasteiger partial charge in [-0.25, -0.2) is 19.3 Å². The van der Waals surface area contributed by atoms with Crippen molar-refractivity contribution in [2.45, 2.75) is 13.3 Å². The molecule has 9 heteroatoms. The molecule has 31 heavy (non-hydrogen) atoms. The SMILES string of the molecule is CCNC(=NCCc1coc(-c2ccc(F)cc2)n1)N1CCN(c2ncccn2)CC1. The van der Waals surface area contributed by atoms with E-state index in [4.69, 9.17) is 9.41 Å². The van der Waals surface area contributed by atoms with E-state index in [0.717, 1.165) is 55.9 Å². The zero-order chi connectivity index (χ0) is 21.5. The van der Waals surface area contributed by atoms with Gasteiger partial charge in [-0.2, -0.15) is 0 Å². The number of hydrogen-bond donors (Lipinski definition) is 1. The highest BCUT2D eigenvalue weighted by Gasteiger charge is 2.21. The molecule has 1 aliphatic rings. The fraction of sp³-hybridized carbons (Fsp3) is 0.364. The van der Waals surface area contributed by atoms with Gasteiger partial charge in [-0.3, -0.25) is 4.99 Å². The summed E-state index contributed by atoms with van der Waals surface area (Å²) in [5.74, 6) is 1.88. The first-order valence-electron chi connectivity index (χ1n) is 10.5. The monoisotopic (exact) mass is 423 g/mol. The second-order valence-electron chi connectivity index (χ2n) is 7.16. The van der Waals surface area contributed by atoms with Crippen LogP contribution in [0, 0.1) is 5.82 Å². The maximum absolute atomic E-state index is 13.1. The maximum Gasteiger partial charge on any atom is 0.226 e. The van der Waals surface area contributed by atoms with Gasteiger partial charge in [-0.15, -0.1) is 0 Å². The topological polar surface area (TPSA) is 82.7 Å². The Balaban J connectivity index is 1.33. The van der Waals surface area contributed by atoms with Crippen molar-refractivity contribution in [1.29, 1.82) is 0 Å². The van der Waals surface area contributed by atoms with Gasteiger partial charge >= 0.3 is 0 Å². The van der Waals surface area contributed by atoms with Crippen LogP contribution in [0.4, 0.5) is 10.3 Å². The van der Waals surface area contributed by atoms with Crippen molar-refractivity contribution in [2.75, 3.05) is 44.2 Å². The van der Waals surface area contributed by atoms with Crippen molar-refractivity contribution >= 4 is 11.9 Å². The molecule has 0 atom stereocenters. The van der Waals surface area contributed by atoms with Crippen molar-refractivity contribution in [1.82, 2.24) is 25.2 Å². The molecule has 0 amide bonds. The molecule has 1 fully saturated rings. The first-order chi connectivity index (χ1) is 15.2. The zero-order valence-electron chi connectivity index (χ0n) is 17.5. The number of aromatic nitrogens is 3. The van der Waals surface area contributed by atoms with E-state index in [9.17, 15) is 4.39 Å². The van der Waals surface area contributed by atoms with Crippen molar-refractivity contribution in [3.63, 3.8) is 0 Å². The molecular formula is C22H26FN7O. The van der Waals surface area contributed by atoms with Crippen LogP contribution < -0.4 is 10.2 Å². The third-order valence-electron chi connectivity index (χ3n) is 5.02. The van der Waals surface area contributed by atoms with E-state index < -0.39 is 0 Å². The van der Waals surface area contributed by atoms with Crippen LogP contribution in [0.25, 0.3) is 11.5 Å². The van der Waals surface area contributed by atoms with E-state index in [1.807, 2.05) is 6.07 Å². The molecule has 0 saturated carbocycles. The Kier molecular flexibility index (Phi) is 6.71. The van der Waals surface area contributed by atoms with E-state index in [-0.39, 0.29) is 5.82 Å². The van der Waals surface area contributed by atoms with Gasteiger partial charge in [0.15, 0.2) is 5.96 Å². The summed E-state index contributed by atoms with van der Waals surface area (Å²) in [6.45, 7) is 6.86. The van der Waals surface area contributed by atoms with Crippen molar-refractivity contribution in [3.05, 3.63) is 60.5 Å². The number of rotatable bonds is 6. The molecule has 8 nitrogen and oxygen atoms in total. The van der Waals surface area contributed by atoms with E-state index in [0.29, 0.717) is 18.9 Å². The first-order valence-corrected chi connectivity index (χ1v) is 10.5. The predicted octanol–water partition coefficient (Wildman–Crippen LogP) is 2.60. The zero-order valence-corrected chi connectivity index (χ0v) is 17.5. The van der Waals surface area contributed by atoms with Crippen LogP contribution in [0.2, 0.25) is 0 Å². The molecule has 3 aromatic rings. The van der Waals surface area contributed by atoms with Crippen LogP contribution in [0.3, 0.4) is 0 Å². The highest BCUT2D eigenvalue weighted by Crippen LogP contribution is 2.19. The van der Waals surface area contributed by atoms with Crippen molar-refractivity contribution in [2.24, 2.45) is 4.99 Å². The minimum Gasteiger partial charge on any atom is -0.444 e. The quantitative estimate of drug-likeness (QED) is 0.482. The lowest BCUT2D eigenvalue weighted by Gasteiger charge is -2.36. The van der Waals surface area contributed by atoms with Gasteiger partial charge in [0, 0.05) is 63.6 Å². The Morgan fingerprint density at radius 1 is 1.13 bits per heavy atom. The fourth-order valence-electron chi connectivity index (χ4n) is 3.42. The lowest BCUT2D eigenvalue weighted by Crippen LogP contribution is -2.53. The highest BCUT2D eigenvalue weighted by atomic mass is 19.1. The Hall–Kier alpha value is -3.49. The third kappa shape index (κ3) is 5.36. The van der Waals surface area contributed by atoms with Crippen molar-refractivity contribution in [3.8, 4) is 11.5 Å². The molecule has 1 saturated heterocycles. The summed E-state index contributed by atoms with van der Waals surface area (Å²) in [5, 5.41) is 3.38. The largest absolute Gasteiger partial charge is 0.444 e. The van der Waals surface area contributed by atoms with Gasteiger partial charge < -0.3 is 19.5 Å². The summed E-state index contributed by atoms with van der Waals surface area (Å²) in [5.41, 5.74) is 1.58. The van der Waals surface area contributed by atoms with Gasteiger partial charge in [0.1, 0.15) is 12.1 Å². The summed E-state index contributed by atoms with van der Waals surface area (Å²) in [6.07, 6.45) is 5.84. The molecule has 3 heterocycles. The normalized spacial score (nSPS) is 14.7. The van der Waals surface area contributed by atoms with Crippen LogP contribution in [0.5, 0.6) is 0 Å². The Bertz CT molecular complexity index is 983. The summed E-state index contributed by atoms with van der Waals surface area (Å²) < 4.78 is 18.6. The lowest BCUT2D eigenvalue weighted by molar-refractivity contribution is 0.370. The van der Waals surface area contributed by atoms with E-state index >= 15 is 0 Å². The van der Waals surface area contributed by atoms with Crippen LogP contribution in [0.15, 0.2) is 58.4 Å². The smallest absolute Gasteiger partial charge is 0.226 e. The molecule has 0 spiro atoms. The molecule has 1 aromatic carbocycles. The number of aliphatic imine (C=N–C) groups is 1. The number of nitrogens with zero attached hydrogens (tertiary/aromatic N) is 6. The molecule has 0 aliphatic carbocycles. The second-order valence-corrected chi connectivity index (χ2v) is 7.16. The Morgan fingerprint density at radius 3 is 2.58 bits per heavy atom. The lowest BCUT2D eigenvalue weighted by atomic mass is 10.2. The summed E-state index contributed by atoms with van der Waals surface area (Å²) in [6, 6.07) is 7.94. The van der Waals surface area contributed by atoms with Gasteiger partial charge in [0.2, 0.25) is 11.8 Å². The number of hydrogen-bond acceptors (Lipinski definition) is 6. The molecule has 0 bridgehead atoms. The van der Waals surface area contributed by atoms with E-state index in [1.54, 1.807) is 30.8 Å². The van der Waals surface area contributed by atoms with Crippen LogP contribution in [0.1, 0.15) is 12.6 Å². The Labute approximate surface area is 180 Å². The molecule has 162 valence electrons. The standard InChI is InChI=1S/C22H26FN7O/c1-2-24-21(29-12-14-30(15-13-29)22-25-9-3-10-26-22)27-11-8-19-16-31-20(28-19)17-4-6-18(23)7-5-17/h3-7,9-10,16H,2,8,11-15H2,1H3,(H,24,27). The van der Waals surface area contributed by atoms with Gasteiger partial charge in [-0.05, 0) is 37.3 Å². The van der Waals surface area contributed by atoms with Gasteiger partial charge in [0.05, 0.1) is 5.69 Å². The van der Waals surface area contributed by atoms with Gasteiger partial charge in [0.25, 0.3) is 0 Å². The van der Waals surface area contributed by atoms with Crippen LogP contribution in [-0.4, -0.2) is 65.1 Å². The maximum atomic E-state index is 13.1. The number of halogens is 1. The minimum atomic E-state index is -0.280. The molecule has 2 aromatic heterocycles. The predicted molar refractivity (Wildman–Crippen MR) is 117 cm³/mol. The number of anilines is 1. The number of oxazole rings is 1. The molecule has 4 rings (SSSR count). The fourth-order valence-corrected chi connectivity index (χ4v) is 3.42. The molecular weight excluding hydrogens is 397 g/mol. The number of piperazine rings is 1. The van der Waals surface area contributed by atoms with Crippen LogP contribution in [-0.2, 0) is 6.42 Å². The molecule has 1 N–H and O–H groups in total. The average Bonchev–Trinajstić information content (AvgIpc) is 3.29. The minimum absolute atomic E-state index is 0.280. The summed E-state index contributed by atoms with van der Waals surface area (Å²) in [7, 11) is 0. The Morgan fingerprint density at radius 2 is 1.87 bits per heavy atom. The third-order valence-corrected chi connectivity index (χ3v) is 5.02. The molecule has 1 aliphatic heterocycles. The molecule has 0 unspecified atom stereocenters.